The number of aliphatic hydroxyl groups excluding tert-OH is 1. The molecule has 1 aromatic heterocycles. The van der Waals surface area contributed by atoms with Gasteiger partial charge >= 0.3 is 5.69 Å². The van der Waals surface area contributed by atoms with Gasteiger partial charge in [-0.25, -0.2) is 4.79 Å². The van der Waals surface area contributed by atoms with Crippen molar-refractivity contribution in [2.45, 2.75) is 52.9 Å². The molecule has 2 rings (SSSR count). The lowest BCUT2D eigenvalue weighted by Gasteiger charge is -2.14. The maximum absolute atomic E-state index is 11.5. The minimum Gasteiger partial charge on any atom is -0.394 e. The first-order valence-corrected chi connectivity index (χ1v) is 6.81. The molecule has 2 atom stereocenters. The normalized spacial score (nSPS) is 20.9. The zero-order chi connectivity index (χ0) is 14.8. The molecule has 0 bridgehead atoms. The molecule has 110 valence electrons. The van der Waals surface area contributed by atoms with Crippen LogP contribution < -0.4 is 11.4 Å². The van der Waals surface area contributed by atoms with Crippen LogP contribution in [-0.4, -0.2) is 27.4 Å². The molecule has 1 aliphatic rings. The Morgan fingerprint density at radius 2 is 2.05 bits per heavy atom. The molecular weight excluding hydrogens is 246 g/mol. The highest BCUT2D eigenvalue weighted by Crippen LogP contribution is 2.26. The van der Waals surface area contributed by atoms with Gasteiger partial charge in [0.2, 0.25) is 0 Å². The van der Waals surface area contributed by atoms with Crippen LogP contribution in [0.1, 0.15) is 46.8 Å². The van der Waals surface area contributed by atoms with E-state index in [4.69, 9.17) is 15.6 Å². The molecule has 6 heteroatoms. The summed E-state index contributed by atoms with van der Waals surface area (Å²) in [7, 11) is 0. The van der Waals surface area contributed by atoms with Gasteiger partial charge in [0.1, 0.15) is 12.0 Å². The van der Waals surface area contributed by atoms with E-state index in [1.54, 1.807) is 12.3 Å². The van der Waals surface area contributed by atoms with Gasteiger partial charge in [0.05, 0.1) is 12.7 Å². The van der Waals surface area contributed by atoms with E-state index in [1.165, 1.54) is 4.57 Å². The molecule has 0 amide bonds. The summed E-state index contributed by atoms with van der Waals surface area (Å²) in [5.41, 5.74) is 4.96. The molecule has 2 heterocycles. The molecule has 1 saturated heterocycles. The number of nitrogen functional groups attached to an aromatic ring is 1. The predicted octanol–water partition coefficient (Wildman–Crippen LogP) is 1.55. The third-order valence-electron chi connectivity index (χ3n) is 2.45. The zero-order valence-electron chi connectivity index (χ0n) is 12.2. The van der Waals surface area contributed by atoms with E-state index in [0.717, 1.165) is 6.42 Å². The van der Waals surface area contributed by atoms with E-state index >= 15 is 0 Å². The first-order chi connectivity index (χ1) is 9.20. The van der Waals surface area contributed by atoms with Crippen molar-refractivity contribution in [1.29, 1.82) is 0 Å². The smallest absolute Gasteiger partial charge is 0.351 e. The zero-order valence-corrected chi connectivity index (χ0v) is 12.2. The molecule has 1 aromatic rings. The number of anilines is 1. The maximum Gasteiger partial charge on any atom is 0.351 e. The van der Waals surface area contributed by atoms with Gasteiger partial charge in [0.15, 0.2) is 0 Å². The van der Waals surface area contributed by atoms with Gasteiger partial charge in [-0.15, -0.1) is 0 Å². The largest absolute Gasteiger partial charge is 0.394 e. The van der Waals surface area contributed by atoms with Gasteiger partial charge in [-0.3, -0.25) is 4.57 Å². The van der Waals surface area contributed by atoms with Crippen molar-refractivity contribution in [2.75, 3.05) is 12.3 Å². The van der Waals surface area contributed by atoms with E-state index in [-0.39, 0.29) is 24.8 Å². The fraction of sp³-hybridized carbons (Fsp3) is 0.692. The Hall–Kier alpha value is -1.40. The lowest BCUT2D eigenvalue weighted by atomic mass is 10.2. The Morgan fingerprint density at radius 3 is 2.53 bits per heavy atom. The number of aliphatic hydroxyl groups is 1. The standard InChI is InChI=1S/C9H13N3O3.2C2H6/c10-7-3-4-12(9(14)11-7)8-2-1-6(5-13)15-8;2*1-2/h3-4,6,8,13H,1-2,5H2,(H2,10,11,14);2*1-2H3. The second-order valence-corrected chi connectivity index (χ2v) is 3.51. The number of nitrogens with zero attached hydrogens (tertiary/aromatic N) is 2. The van der Waals surface area contributed by atoms with Crippen LogP contribution in [0.15, 0.2) is 17.1 Å². The maximum atomic E-state index is 11.5. The summed E-state index contributed by atoms with van der Waals surface area (Å²) in [5.74, 6) is 0.202. The number of rotatable bonds is 2. The fourth-order valence-corrected chi connectivity index (χ4v) is 1.67. The Kier molecular flexibility index (Phi) is 8.82. The van der Waals surface area contributed by atoms with E-state index < -0.39 is 5.69 Å². The van der Waals surface area contributed by atoms with Crippen LogP contribution in [0.25, 0.3) is 0 Å². The van der Waals surface area contributed by atoms with Crippen LogP contribution in [0.4, 0.5) is 5.82 Å². The van der Waals surface area contributed by atoms with Crippen LogP contribution >= 0.6 is 0 Å². The molecule has 19 heavy (non-hydrogen) atoms. The average Bonchev–Trinajstić information content (AvgIpc) is 2.92. The lowest BCUT2D eigenvalue weighted by Crippen LogP contribution is -2.27. The highest BCUT2D eigenvalue weighted by atomic mass is 16.5. The van der Waals surface area contributed by atoms with Gasteiger partial charge in [-0.05, 0) is 18.9 Å². The van der Waals surface area contributed by atoms with Gasteiger partial charge in [0, 0.05) is 6.20 Å². The number of ether oxygens (including phenoxy) is 1. The summed E-state index contributed by atoms with van der Waals surface area (Å²) in [6, 6.07) is 1.55. The van der Waals surface area contributed by atoms with Crippen LogP contribution in [-0.2, 0) is 4.74 Å². The Labute approximate surface area is 114 Å². The molecule has 1 fully saturated rings. The molecule has 3 N–H and O–H groups in total. The monoisotopic (exact) mass is 271 g/mol. The summed E-state index contributed by atoms with van der Waals surface area (Å²) >= 11 is 0. The SMILES string of the molecule is CC.CC.Nc1ccn(C2CCC(CO)O2)c(=O)n1. The minimum absolute atomic E-state index is 0.0202. The summed E-state index contributed by atoms with van der Waals surface area (Å²) in [6.45, 7) is 7.98. The highest BCUT2D eigenvalue weighted by Gasteiger charge is 2.26. The fourth-order valence-electron chi connectivity index (χ4n) is 1.67. The molecule has 0 radical (unpaired) electrons. The third-order valence-corrected chi connectivity index (χ3v) is 2.45. The first-order valence-electron chi connectivity index (χ1n) is 6.81. The van der Waals surface area contributed by atoms with E-state index in [0.29, 0.717) is 6.42 Å². The van der Waals surface area contributed by atoms with Crippen LogP contribution in [0.2, 0.25) is 0 Å². The second kappa shape index (κ2) is 9.52. The Balaban J connectivity index is 0.000000741. The van der Waals surface area contributed by atoms with Crippen molar-refractivity contribution in [3.05, 3.63) is 22.7 Å². The van der Waals surface area contributed by atoms with Crippen molar-refractivity contribution in [3.8, 4) is 0 Å². The quantitative estimate of drug-likeness (QED) is 0.851. The average molecular weight is 271 g/mol. The van der Waals surface area contributed by atoms with Crippen molar-refractivity contribution in [3.63, 3.8) is 0 Å². The van der Waals surface area contributed by atoms with E-state index in [2.05, 4.69) is 4.98 Å². The highest BCUT2D eigenvalue weighted by molar-refractivity contribution is 5.23. The van der Waals surface area contributed by atoms with Crippen molar-refractivity contribution >= 4 is 5.82 Å². The summed E-state index contributed by atoms with van der Waals surface area (Å²) in [5, 5.41) is 8.90. The Bertz CT molecular complexity index is 406. The number of hydrogen-bond acceptors (Lipinski definition) is 5. The molecule has 1 aliphatic heterocycles. The van der Waals surface area contributed by atoms with E-state index in [9.17, 15) is 4.79 Å². The van der Waals surface area contributed by atoms with Crippen LogP contribution in [0.5, 0.6) is 0 Å². The van der Waals surface area contributed by atoms with Crippen molar-refractivity contribution < 1.29 is 9.84 Å². The molecule has 0 spiro atoms. The molecule has 0 saturated carbocycles. The summed E-state index contributed by atoms with van der Waals surface area (Å²) in [4.78, 5) is 15.1. The third kappa shape index (κ3) is 5.00. The molecule has 2 unspecified atom stereocenters. The second-order valence-electron chi connectivity index (χ2n) is 3.51. The molecular formula is C13H25N3O3. The predicted molar refractivity (Wildman–Crippen MR) is 75.8 cm³/mol. The van der Waals surface area contributed by atoms with Gasteiger partial charge < -0.3 is 15.6 Å². The van der Waals surface area contributed by atoms with Gasteiger partial charge in [-0.2, -0.15) is 4.98 Å². The summed E-state index contributed by atoms with van der Waals surface area (Å²) in [6.07, 6.45) is 2.51. The molecule has 0 aliphatic carbocycles. The summed E-state index contributed by atoms with van der Waals surface area (Å²) < 4.78 is 6.84. The first kappa shape index (κ1) is 17.6. The van der Waals surface area contributed by atoms with Crippen LogP contribution in [0, 0.1) is 0 Å². The van der Waals surface area contributed by atoms with E-state index in [1.807, 2.05) is 27.7 Å². The molecule has 6 nitrogen and oxygen atoms in total. The Morgan fingerprint density at radius 1 is 1.42 bits per heavy atom. The number of hydrogen-bond donors (Lipinski definition) is 2. The van der Waals surface area contributed by atoms with Gasteiger partial charge in [0.25, 0.3) is 0 Å². The molecule has 0 aromatic carbocycles. The lowest BCUT2D eigenvalue weighted by molar-refractivity contribution is -0.0245. The van der Waals surface area contributed by atoms with Gasteiger partial charge in [-0.1, -0.05) is 27.7 Å². The van der Waals surface area contributed by atoms with Crippen molar-refractivity contribution in [2.24, 2.45) is 0 Å². The minimum atomic E-state index is -0.418. The number of aromatic nitrogens is 2. The van der Waals surface area contributed by atoms with Crippen LogP contribution in [0.3, 0.4) is 0 Å². The topological polar surface area (TPSA) is 90.4 Å². The van der Waals surface area contributed by atoms with Crippen molar-refractivity contribution in [1.82, 2.24) is 9.55 Å². The number of nitrogens with two attached hydrogens (primary N) is 1.